The summed E-state index contributed by atoms with van der Waals surface area (Å²) in [6, 6.07) is 10.2. The lowest BCUT2D eigenvalue weighted by atomic mass is 10.3. The van der Waals surface area contributed by atoms with Crippen LogP contribution in [0.1, 0.15) is 12.6 Å². The van der Waals surface area contributed by atoms with Crippen LogP contribution in [-0.4, -0.2) is 16.5 Å². The molecule has 0 spiro atoms. The van der Waals surface area contributed by atoms with Crippen molar-refractivity contribution >= 4 is 34.9 Å². The van der Waals surface area contributed by atoms with Crippen molar-refractivity contribution < 1.29 is 4.92 Å². The zero-order valence-corrected chi connectivity index (χ0v) is 12.9. The van der Waals surface area contributed by atoms with Crippen LogP contribution in [0.3, 0.4) is 0 Å². The molecule has 21 heavy (non-hydrogen) atoms. The number of para-hydroxylation sites is 1. The number of nitro groups is 1. The third-order valence-corrected chi connectivity index (χ3v) is 4.12. The summed E-state index contributed by atoms with van der Waals surface area (Å²) in [7, 11) is 0. The summed E-state index contributed by atoms with van der Waals surface area (Å²) in [5.41, 5.74) is 0.805. The van der Waals surface area contributed by atoms with Gasteiger partial charge in [0, 0.05) is 18.4 Å². The van der Waals surface area contributed by atoms with Gasteiger partial charge in [0.05, 0.1) is 20.5 Å². The number of hydrogen-bond acceptors (Lipinski definition) is 5. The molecule has 0 saturated carbocycles. The highest BCUT2D eigenvalue weighted by Gasteiger charge is 2.14. The van der Waals surface area contributed by atoms with E-state index >= 15 is 0 Å². The summed E-state index contributed by atoms with van der Waals surface area (Å²) in [6.07, 6.45) is 0. The van der Waals surface area contributed by atoms with Crippen LogP contribution < -0.4 is 5.32 Å². The van der Waals surface area contributed by atoms with Gasteiger partial charge in [-0.25, -0.2) is 4.98 Å². The Hall–Kier alpha value is -1.79. The van der Waals surface area contributed by atoms with Gasteiger partial charge in [-0.05, 0) is 25.1 Å². The van der Waals surface area contributed by atoms with Crippen molar-refractivity contribution in [2.75, 3.05) is 11.9 Å². The van der Waals surface area contributed by atoms with Gasteiger partial charge in [0.25, 0.3) is 5.69 Å². The van der Waals surface area contributed by atoms with E-state index in [1.54, 1.807) is 24.3 Å². The second-order valence-electron chi connectivity index (χ2n) is 4.17. The fraction of sp³-hybridized carbons (Fsp3) is 0.214. The van der Waals surface area contributed by atoms with E-state index in [9.17, 15) is 10.1 Å². The van der Waals surface area contributed by atoms with Crippen LogP contribution in [-0.2, 0) is 5.75 Å². The second kappa shape index (κ2) is 7.28. The second-order valence-corrected chi connectivity index (χ2v) is 5.59. The highest BCUT2D eigenvalue weighted by Crippen LogP contribution is 2.32. The molecule has 0 aliphatic heterocycles. The average Bonchev–Trinajstić information content (AvgIpc) is 2.48. The van der Waals surface area contributed by atoms with E-state index in [0.717, 1.165) is 12.4 Å². The summed E-state index contributed by atoms with van der Waals surface area (Å²) in [5.74, 6) is 1.23. The van der Waals surface area contributed by atoms with Gasteiger partial charge in [0.2, 0.25) is 0 Å². The van der Waals surface area contributed by atoms with Gasteiger partial charge in [-0.1, -0.05) is 23.7 Å². The van der Waals surface area contributed by atoms with Gasteiger partial charge in [-0.15, -0.1) is 11.8 Å². The summed E-state index contributed by atoms with van der Waals surface area (Å²) in [4.78, 5) is 15.6. The lowest BCUT2D eigenvalue weighted by Gasteiger charge is -2.08. The van der Waals surface area contributed by atoms with Gasteiger partial charge >= 0.3 is 0 Å². The fourth-order valence-corrected chi connectivity index (χ4v) is 2.97. The Morgan fingerprint density at radius 1 is 1.33 bits per heavy atom. The number of nitro benzene ring substituents is 1. The predicted octanol–water partition coefficient (Wildman–Crippen LogP) is 4.37. The molecule has 0 saturated heterocycles. The Morgan fingerprint density at radius 3 is 2.81 bits per heavy atom. The van der Waals surface area contributed by atoms with Gasteiger partial charge in [-0.3, -0.25) is 10.1 Å². The highest BCUT2D eigenvalue weighted by atomic mass is 35.5. The van der Waals surface area contributed by atoms with Crippen molar-refractivity contribution in [3.8, 4) is 0 Å². The smallest absolute Gasteiger partial charge is 0.282 e. The van der Waals surface area contributed by atoms with Gasteiger partial charge in [-0.2, -0.15) is 0 Å². The van der Waals surface area contributed by atoms with Crippen LogP contribution in [0.4, 0.5) is 11.5 Å². The van der Waals surface area contributed by atoms with E-state index in [-0.39, 0.29) is 10.6 Å². The summed E-state index contributed by atoms with van der Waals surface area (Å²) < 4.78 is 0. The molecule has 0 radical (unpaired) electrons. The Balaban J connectivity index is 2.16. The maximum absolute atomic E-state index is 11.0. The quantitative estimate of drug-likeness (QED) is 0.486. The van der Waals surface area contributed by atoms with E-state index in [4.69, 9.17) is 11.6 Å². The number of halogens is 1. The normalized spacial score (nSPS) is 10.4. The molecule has 0 atom stereocenters. The first-order valence-corrected chi connectivity index (χ1v) is 7.73. The molecule has 0 unspecified atom stereocenters. The molecule has 2 aromatic rings. The number of pyridine rings is 1. The third kappa shape index (κ3) is 4.09. The lowest BCUT2D eigenvalue weighted by molar-refractivity contribution is -0.387. The number of nitrogens with zero attached hydrogens (tertiary/aromatic N) is 2. The molecule has 1 aromatic heterocycles. The third-order valence-electron chi connectivity index (χ3n) is 2.70. The maximum Gasteiger partial charge on any atom is 0.282 e. The average molecular weight is 324 g/mol. The number of rotatable bonds is 6. The van der Waals surface area contributed by atoms with Crippen LogP contribution in [0, 0.1) is 10.1 Å². The molecule has 0 amide bonds. The number of anilines is 1. The van der Waals surface area contributed by atoms with Gasteiger partial charge in [0.15, 0.2) is 0 Å². The number of nitrogens with one attached hydrogen (secondary N) is 1. The number of aromatic nitrogens is 1. The van der Waals surface area contributed by atoms with Crippen molar-refractivity contribution in [2.45, 2.75) is 17.6 Å². The van der Waals surface area contributed by atoms with Crippen LogP contribution in [0.15, 0.2) is 41.3 Å². The zero-order chi connectivity index (χ0) is 15.2. The van der Waals surface area contributed by atoms with Crippen LogP contribution in [0.25, 0.3) is 0 Å². The van der Waals surface area contributed by atoms with Crippen molar-refractivity contribution in [3.63, 3.8) is 0 Å². The minimum Gasteiger partial charge on any atom is -0.370 e. The molecular formula is C14H14ClN3O2S. The molecule has 5 nitrogen and oxygen atoms in total. The molecule has 2 rings (SSSR count). The number of benzene rings is 1. The summed E-state index contributed by atoms with van der Waals surface area (Å²) in [6.45, 7) is 2.75. The number of thioether (sulfide) groups is 1. The van der Waals surface area contributed by atoms with E-state index in [0.29, 0.717) is 21.4 Å². The molecule has 1 N–H and O–H groups in total. The van der Waals surface area contributed by atoms with Crippen molar-refractivity contribution in [2.24, 2.45) is 0 Å². The van der Waals surface area contributed by atoms with E-state index in [2.05, 4.69) is 10.3 Å². The minimum atomic E-state index is -0.383. The van der Waals surface area contributed by atoms with E-state index < -0.39 is 0 Å². The van der Waals surface area contributed by atoms with Crippen molar-refractivity contribution in [1.29, 1.82) is 0 Å². The van der Waals surface area contributed by atoms with Crippen LogP contribution in [0.5, 0.6) is 0 Å². The molecular weight excluding hydrogens is 310 g/mol. The Morgan fingerprint density at radius 2 is 2.10 bits per heavy atom. The molecule has 7 heteroatoms. The fourth-order valence-electron chi connectivity index (χ4n) is 1.74. The monoisotopic (exact) mass is 323 g/mol. The molecule has 0 bridgehead atoms. The number of hydrogen-bond donors (Lipinski definition) is 1. The Kier molecular flexibility index (Phi) is 5.41. The highest BCUT2D eigenvalue weighted by molar-refractivity contribution is 7.98. The van der Waals surface area contributed by atoms with Crippen molar-refractivity contribution in [1.82, 2.24) is 4.98 Å². The van der Waals surface area contributed by atoms with Crippen LogP contribution in [0.2, 0.25) is 5.02 Å². The Bertz CT molecular complexity index is 652. The van der Waals surface area contributed by atoms with Gasteiger partial charge in [0.1, 0.15) is 5.82 Å². The largest absolute Gasteiger partial charge is 0.370 e. The van der Waals surface area contributed by atoms with Gasteiger partial charge < -0.3 is 5.32 Å². The molecule has 1 heterocycles. The predicted molar refractivity (Wildman–Crippen MR) is 86.1 cm³/mol. The lowest BCUT2D eigenvalue weighted by Crippen LogP contribution is -2.01. The van der Waals surface area contributed by atoms with Crippen molar-refractivity contribution in [3.05, 3.63) is 57.2 Å². The molecule has 0 fully saturated rings. The topological polar surface area (TPSA) is 68.1 Å². The molecule has 110 valence electrons. The van der Waals surface area contributed by atoms with E-state index in [1.807, 2.05) is 13.0 Å². The Labute approximate surface area is 131 Å². The molecule has 0 aliphatic rings. The molecule has 1 aromatic carbocycles. The summed E-state index contributed by atoms with van der Waals surface area (Å²) >= 11 is 7.48. The standard InChI is InChI=1S/C14H14ClN3O2S/c1-2-16-14-8-7-10(15)11(17-14)9-21-13-6-4-3-5-12(13)18(19)20/h3-8H,2,9H2,1H3,(H,16,17). The molecule has 0 aliphatic carbocycles. The maximum atomic E-state index is 11.0. The minimum absolute atomic E-state index is 0.0986. The zero-order valence-electron chi connectivity index (χ0n) is 11.4. The van der Waals surface area contributed by atoms with Crippen LogP contribution >= 0.6 is 23.4 Å². The first-order valence-electron chi connectivity index (χ1n) is 6.37. The first-order chi connectivity index (χ1) is 10.1. The SMILES string of the molecule is CCNc1ccc(Cl)c(CSc2ccccc2[N+](=O)[O-])n1. The van der Waals surface area contributed by atoms with E-state index in [1.165, 1.54) is 17.8 Å². The first kappa shape index (κ1) is 15.6. The summed E-state index contributed by atoms with van der Waals surface area (Å²) in [5, 5.41) is 14.7.